The molecule has 0 radical (unpaired) electrons. The zero-order chi connectivity index (χ0) is 15.6. The van der Waals surface area contributed by atoms with Gasteiger partial charge in [0.25, 0.3) is 11.6 Å². The third-order valence-electron chi connectivity index (χ3n) is 2.53. The number of carbonyl (C=O) groups excluding carboxylic acids is 1. The molecule has 2 aromatic carbocycles. The predicted molar refractivity (Wildman–Crippen MR) is 87.9 cm³/mol. The van der Waals surface area contributed by atoms with Gasteiger partial charge in [-0.1, -0.05) is 43.5 Å². The largest absolute Gasteiger partial charge is 0.316 e. The molecule has 1 amide bonds. The molecule has 0 atom stereocenters. The van der Waals surface area contributed by atoms with Crippen molar-refractivity contribution in [1.29, 1.82) is 0 Å². The monoisotopic (exact) mass is 432 g/mol. The highest BCUT2D eigenvalue weighted by atomic mass is 79.9. The Labute approximate surface area is 141 Å². The van der Waals surface area contributed by atoms with Crippen molar-refractivity contribution < 1.29 is 9.72 Å². The van der Waals surface area contributed by atoms with Crippen molar-refractivity contribution in [2.45, 2.75) is 0 Å². The Balaban J connectivity index is 2.33. The van der Waals surface area contributed by atoms with Gasteiger partial charge in [-0.2, -0.15) is 0 Å². The van der Waals surface area contributed by atoms with E-state index in [2.05, 4.69) is 37.2 Å². The van der Waals surface area contributed by atoms with Crippen LogP contribution in [-0.2, 0) is 0 Å². The summed E-state index contributed by atoms with van der Waals surface area (Å²) in [6, 6.07) is 9.06. The Kier molecular flexibility index (Phi) is 4.97. The van der Waals surface area contributed by atoms with Crippen LogP contribution >= 0.6 is 43.5 Å². The molecule has 0 saturated heterocycles. The minimum atomic E-state index is -0.599. The predicted octanol–water partition coefficient (Wildman–Crippen LogP) is 5.03. The average Bonchev–Trinajstić information content (AvgIpc) is 2.39. The number of hydrogen-bond donors (Lipinski definition) is 1. The molecule has 1 N–H and O–H groups in total. The SMILES string of the molecule is O=C(Nc1ccc(Cl)cc1[N+](=O)[O-])c1cc(Br)cc(Br)c1. The average molecular weight is 434 g/mol. The number of nitro groups is 1. The summed E-state index contributed by atoms with van der Waals surface area (Å²) in [6.45, 7) is 0. The van der Waals surface area contributed by atoms with Crippen molar-refractivity contribution >= 4 is 60.7 Å². The number of nitrogens with zero attached hydrogens (tertiary/aromatic N) is 1. The van der Waals surface area contributed by atoms with Crippen LogP contribution < -0.4 is 5.32 Å². The first-order valence-corrected chi connectivity index (χ1v) is 7.54. The zero-order valence-electron chi connectivity index (χ0n) is 10.3. The summed E-state index contributed by atoms with van der Waals surface area (Å²) in [4.78, 5) is 22.6. The molecule has 0 unspecified atom stereocenters. The van der Waals surface area contributed by atoms with Gasteiger partial charge in [-0.15, -0.1) is 0 Å². The molecule has 8 heteroatoms. The van der Waals surface area contributed by atoms with E-state index in [0.29, 0.717) is 14.5 Å². The number of nitrogens with one attached hydrogen (secondary N) is 1. The summed E-state index contributed by atoms with van der Waals surface area (Å²) in [6.07, 6.45) is 0. The van der Waals surface area contributed by atoms with E-state index < -0.39 is 10.8 Å². The molecule has 0 spiro atoms. The van der Waals surface area contributed by atoms with Gasteiger partial charge in [-0.05, 0) is 30.3 Å². The van der Waals surface area contributed by atoms with Crippen LogP contribution in [0.4, 0.5) is 11.4 Å². The first kappa shape index (κ1) is 15.9. The Hall–Kier alpha value is -1.44. The van der Waals surface area contributed by atoms with E-state index in [0.717, 1.165) is 0 Å². The third kappa shape index (κ3) is 4.03. The molecule has 2 aromatic rings. The van der Waals surface area contributed by atoms with E-state index in [1.165, 1.54) is 18.2 Å². The molecule has 0 aliphatic carbocycles. The minimum absolute atomic E-state index is 0.0884. The first-order chi connectivity index (χ1) is 9.86. The highest BCUT2D eigenvalue weighted by Crippen LogP contribution is 2.28. The van der Waals surface area contributed by atoms with Crippen molar-refractivity contribution in [3.8, 4) is 0 Å². The quantitative estimate of drug-likeness (QED) is 0.544. The Morgan fingerprint density at radius 3 is 2.33 bits per heavy atom. The summed E-state index contributed by atoms with van der Waals surface area (Å²) in [7, 11) is 0. The molecule has 0 aliphatic rings. The topological polar surface area (TPSA) is 72.2 Å². The van der Waals surface area contributed by atoms with Crippen LogP contribution in [0.3, 0.4) is 0 Å². The fourth-order valence-electron chi connectivity index (χ4n) is 1.64. The molecule has 108 valence electrons. The maximum Gasteiger partial charge on any atom is 0.294 e. The first-order valence-electron chi connectivity index (χ1n) is 5.58. The number of amides is 1. The second-order valence-electron chi connectivity index (χ2n) is 4.03. The van der Waals surface area contributed by atoms with E-state index in [4.69, 9.17) is 11.6 Å². The van der Waals surface area contributed by atoms with Crippen molar-refractivity contribution in [2.75, 3.05) is 5.32 Å². The maximum atomic E-state index is 12.2. The molecule has 0 bridgehead atoms. The molecular weight excluding hydrogens is 427 g/mol. The third-order valence-corrected chi connectivity index (χ3v) is 3.68. The van der Waals surface area contributed by atoms with Gasteiger partial charge >= 0.3 is 0 Å². The van der Waals surface area contributed by atoms with Gasteiger partial charge in [0.15, 0.2) is 0 Å². The fourth-order valence-corrected chi connectivity index (χ4v) is 3.10. The second-order valence-corrected chi connectivity index (χ2v) is 6.30. The van der Waals surface area contributed by atoms with Gasteiger partial charge in [-0.3, -0.25) is 14.9 Å². The smallest absolute Gasteiger partial charge is 0.294 e. The van der Waals surface area contributed by atoms with Crippen molar-refractivity contribution in [1.82, 2.24) is 0 Å². The summed E-state index contributed by atoms with van der Waals surface area (Å²) in [5.41, 5.74) is 0.191. The molecule has 2 rings (SSSR count). The van der Waals surface area contributed by atoms with Gasteiger partial charge in [0, 0.05) is 25.6 Å². The summed E-state index contributed by atoms with van der Waals surface area (Å²) < 4.78 is 1.43. The summed E-state index contributed by atoms with van der Waals surface area (Å²) in [5, 5.41) is 13.7. The number of hydrogen-bond acceptors (Lipinski definition) is 3. The van der Waals surface area contributed by atoms with Crippen molar-refractivity contribution in [2.24, 2.45) is 0 Å². The highest BCUT2D eigenvalue weighted by molar-refractivity contribution is 9.11. The normalized spacial score (nSPS) is 10.2. The second kappa shape index (κ2) is 6.55. The van der Waals surface area contributed by atoms with Crippen LogP contribution in [-0.4, -0.2) is 10.8 Å². The standard InChI is InChI=1S/C13H7Br2ClN2O3/c14-8-3-7(4-9(15)5-8)13(19)17-11-2-1-10(16)6-12(11)18(20)21/h1-6H,(H,17,19). The van der Waals surface area contributed by atoms with Crippen LogP contribution in [0, 0.1) is 10.1 Å². The summed E-state index contributed by atoms with van der Waals surface area (Å²) >= 11 is 12.3. The zero-order valence-corrected chi connectivity index (χ0v) is 14.2. The van der Waals surface area contributed by atoms with Gasteiger partial charge < -0.3 is 5.32 Å². The Bertz CT molecular complexity index is 717. The van der Waals surface area contributed by atoms with Crippen LogP contribution in [0.2, 0.25) is 5.02 Å². The van der Waals surface area contributed by atoms with E-state index >= 15 is 0 Å². The number of anilines is 1. The minimum Gasteiger partial charge on any atom is -0.316 e. The van der Waals surface area contributed by atoms with E-state index in [9.17, 15) is 14.9 Å². The lowest BCUT2D eigenvalue weighted by Crippen LogP contribution is -2.13. The van der Waals surface area contributed by atoms with Crippen LogP contribution in [0.15, 0.2) is 45.3 Å². The highest BCUT2D eigenvalue weighted by Gasteiger charge is 2.17. The molecule has 0 aromatic heterocycles. The van der Waals surface area contributed by atoms with Crippen LogP contribution in [0.1, 0.15) is 10.4 Å². The van der Waals surface area contributed by atoms with E-state index in [1.807, 2.05) is 0 Å². The number of rotatable bonds is 3. The summed E-state index contributed by atoms with van der Waals surface area (Å²) in [5.74, 6) is -0.456. The Morgan fingerprint density at radius 1 is 1.14 bits per heavy atom. The Morgan fingerprint density at radius 2 is 1.76 bits per heavy atom. The fraction of sp³-hybridized carbons (Fsp3) is 0. The molecular formula is C13H7Br2ClN2O3. The van der Waals surface area contributed by atoms with Crippen molar-refractivity contribution in [3.05, 3.63) is 66.0 Å². The molecule has 0 saturated carbocycles. The number of carbonyl (C=O) groups is 1. The lowest BCUT2D eigenvalue weighted by atomic mass is 10.2. The molecule has 0 aliphatic heterocycles. The van der Waals surface area contributed by atoms with Gasteiger partial charge in [0.2, 0.25) is 0 Å². The van der Waals surface area contributed by atoms with E-state index in [-0.39, 0.29) is 16.4 Å². The number of halogens is 3. The lowest BCUT2D eigenvalue weighted by molar-refractivity contribution is -0.383. The lowest BCUT2D eigenvalue weighted by Gasteiger charge is -2.07. The van der Waals surface area contributed by atoms with E-state index in [1.54, 1.807) is 18.2 Å². The molecule has 21 heavy (non-hydrogen) atoms. The maximum absolute atomic E-state index is 12.2. The molecule has 0 fully saturated rings. The van der Waals surface area contributed by atoms with Gasteiger partial charge in [-0.25, -0.2) is 0 Å². The van der Waals surface area contributed by atoms with Crippen LogP contribution in [0.5, 0.6) is 0 Å². The molecule has 5 nitrogen and oxygen atoms in total. The van der Waals surface area contributed by atoms with Gasteiger partial charge in [0.1, 0.15) is 5.69 Å². The number of nitro benzene ring substituents is 1. The van der Waals surface area contributed by atoms with Crippen molar-refractivity contribution in [3.63, 3.8) is 0 Å². The number of benzene rings is 2. The molecule has 0 heterocycles. The van der Waals surface area contributed by atoms with Crippen LogP contribution in [0.25, 0.3) is 0 Å². The van der Waals surface area contributed by atoms with Gasteiger partial charge in [0.05, 0.1) is 4.92 Å².